The molecule has 0 aliphatic carbocycles. The molecule has 2 aromatic rings. The fraction of sp³-hybridized carbons (Fsp3) is 0.368. The zero-order valence-corrected chi connectivity index (χ0v) is 14.8. The highest BCUT2D eigenvalue weighted by molar-refractivity contribution is 5.66. The first-order valence-corrected chi connectivity index (χ1v) is 8.59. The number of nitrogens with zero attached hydrogens (tertiary/aromatic N) is 1. The van der Waals surface area contributed by atoms with E-state index in [9.17, 15) is 15.3 Å². The Morgan fingerprint density at radius 1 is 0.846 bits per heavy atom. The van der Waals surface area contributed by atoms with E-state index >= 15 is 0 Å². The van der Waals surface area contributed by atoms with Crippen molar-refractivity contribution in [1.29, 1.82) is 0 Å². The van der Waals surface area contributed by atoms with Crippen LogP contribution in [0.25, 0.3) is 0 Å². The SMILES string of the molecule is Nc1ccc(N(CC(CCO)C(N)(O)CCO)c2ccc(N)cc2)cc1. The van der Waals surface area contributed by atoms with Crippen molar-refractivity contribution >= 4 is 22.7 Å². The highest BCUT2D eigenvalue weighted by Crippen LogP contribution is 2.31. The maximum atomic E-state index is 10.6. The van der Waals surface area contributed by atoms with Crippen LogP contribution in [0.15, 0.2) is 48.5 Å². The zero-order valence-electron chi connectivity index (χ0n) is 14.8. The summed E-state index contributed by atoms with van der Waals surface area (Å²) in [6, 6.07) is 14.7. The maximum Gasteiger partial charge on any atom is 0.120 e. The normalized spacial score (nSPS) is 14.6. The quantitative estimate of drug-likeness (QED) is 0.289. The Labute approximate surface area is 153 Å². The summed E-state index contributed by atoms with van der Waals surface area (Å²) in [5, 5.41) is 29.2. The molecule has 2 atom stereocenters. The van der Waals surface area contributed by atoms with Crippen molar-refractivity contribution in [2.45, 2.75) is 18.6 Å². The minimum Gasteiger partial charge on any atom is -0.399 e. The molecule has 0 heterocycles. The average molecular weight is 360 g/mol. The van der Waals surface area contributed by atoms with Crippen molar-refractivity contribution in [3.05, 3.63) is 48.5 Å². The Balaban J connectivity index is 2.38. The van der Waals surface area contributed by atoms with Gasteiger partial charge < -0.3 is 37.4 Å². The Morgan fingerprint density at radius 3 is 1.69 bits per heavy atom. The van der Waals surface area contributed by atoms with E-state index in [1.54, 1.807) is 24.3 Å². The lowest BCUT2D eigenvalue weighted by Gasteiger charge is -2.37. The third-order valence-corrected chi connectivity index (χ3v) is 4.51. The van der Waals surface area contributed by atoms with Gasteiger partial charge in [-0.3, -0.25) is 0 Å². The summed E-state index contributed by atoms with van der Waals surface area (Å²) < 4.78 is 0. The Kier molecular flexibility index (Phi) is 6.82. The molecule has 0 aliphatic rings. The predicted octanol–water partition coefficient (Wildman–Crippen LogP) is 1.02. The summed E-state index contributed by atoms with van der Waals surface area (Å²) in [6.45, 7) is -0.00696. The molecule has 0 bridgehead atoms. The summed E-state index contributed by atoms with van der Waals surface area (Å²) in [6.07, 6.45) is 0.322. The number of aliphatic hydroxyl groups is 3. The molecular formula is C19H28N4O3. The van der Waals surface area contributed by atoms with Gasteiger partial charge in [-0.15, -0.1) is 0 Å². The number of nitrogens with two attached hydrogens (primary N) is 3. The lowest BCUT2D eigenvalue weighted by atomic mass is 9.89. The van der Waals surface area contributed by atoms with E-state index in [1.165, 1.54) is 0 Å². The molecule has 2 aromatic carbocycles. The van der Waals surface area contributed by atoms with Crippen LogP contribution in [0.2, 0.25) is 0 Å². The molecule has 0 saturated carbocycles. The second-order valence-electron chi connectivity index (χ2n) is 6.47. The fourth-order valence-corrected chi connectivity index (χ4v) is 2.93. The first-order valence-electron chi connectivity index (χ1n) is 8.59. The molecule has 7 nitrogen and oxygen atoms in total. The van der Waals surface area contributed by atoms with Gasteiger partial charge in [-0.1, -0.05) is 0 Å². The molecule has 2 unspecified atom stereocenters. The van der Waals surface area contributed by atoms with Crippen LogP contribution in [0.1, 0.15) is 12.8 Å². The largest absolute Gasteiger partial charge is 0.399 e. The monoisotopic (exact) mass is 360 g/mol. The molecule has 7 heteroatoms. The number of benzene rings is 2. The first-order chi connectivity index (χ1) is 12.4. The molecule has 0 spiro atoms. The maximum absolute atomic E-state index is 10.6. The molecule has 142 valence electrons. The summed E-state index contributed by atoms with van der Waals surface area (Å²) in [7, 11) is 0. The molecule has 0 aromatic heterocycles. The van der Waals surface area contributed by atoms with Crippen molar-refractivity contribution in [3.8, 4) is 0 Å². The van der Waals surface area contributed by atoms with Crippen molar-refractivity contribution in [2.75, 3.05) is 36.1 Å². The van der Waals surface area contributed by atoms with Gasteiger partial charge in [-0.2, -0.15) is 0 Å². The van der Waals surface area contributed by atoms with E-state index in [1.807, 2.05) is 29.2 Å². The topological polar surface area (TPSA) is 142 Å². The minimum absolute atomic E-state index is 0.0228. The number of rotatable bonds is 9. The fourth-order valence-electron chi connectivity index (χ4n) is 2.93. The van der Waals surface area contributed by atoms with E-state index in [0.29, 0.717) is 24.3 Å². The van der Waals surface area contributed by atoms with Crippen LogP contribution in [-0.2, 0) is 0 Å². The Morgan fingerprint density at radius 2 is 1.31 bits per heavy atom. The summed E-state index contributed by atoms with van der Waals surface area (Å²) in [5.74, 6) is -0.463. The highest BCUT2D eigenvalue weighted by atomic mass is 16.3. The van der Waals surface area contributed by atoms with Gasteiger partial charge in [0.05, 0.1) is 0 Å². The van der Waals surface area contributed by atoms with Crippen LogP contribution in [0.5, 0.6) is 0 Å². The van der Waals surface area contributed by atoms with Crippen LogP contribution in [-0.4, -0.2) is 40.8 Å². The standard InChI is InChI=1S/C19H28N4O3/c20-15-1-5-17(6-2-15)23(18-7-3-16(21)4-8-18)13-14(9-11-24)19(22,26)10-12-25/h1-8,14,24-26H,9-13,20-22H2. The highest BCUT2D eigenvalue weighted by Gasteiger charge is 2.33. The molecule has 0 radical (unpaired) electrons. The van der Waals surface area contributed by atoms with Crippen LogP contribution in [0, 0.1) is 5.92 Å². The van der Waals surface area contributed by atoms with Gasteiger partial charge in [0.15, 0.2) is 0 Å². The second kappa shape index (κ2) is 8.86. The Hall–Kier alpha value is -2.32. The van der Waals surface area contributed by atoms with Gasteiger partial charge in [-0.25, -0.2) is 0 Å². The van der Waals surface area contributed by atoms with Crippen molar-refractivity contribution in [1.82, 2.24) is 0 Å². The average Bonchev–Trinajstić information content (AvgIpc) is 2.60. The van der Waals surface area contributed by atoms with Gasteiger partial charge in [0.2, 0.25) is 0 Å². The van der Waals surface area contributed by atoms with Gasteiger partial charge in [0, 0.05) is 54.8 Å². The van der Waals surface area contributed by atoms with Crippen LogP contribution < -0.4 is 22.1 Å². The minimum atomic E-state index is -1.60. The van der Waals surface area contributed by atoms with Gasteiger partial charge in [-0.05, 0) is 55.0 Å². The summed E-state index contributed by atoms with van der Waals surface area (Å²) >= 11 is 0. The number of anilines is 4. The molecule has 0 amide bonds. The lowest BCUT2D eigenvalue weighted by Crippen LogP contribution is -2.51. The molecule has 26 heavy (non-hydrogen) atoms. The lowest BCUT2D eigenvalue weighted by molar-refractivity contribution is -0.0365. The van der Waals surface area contributed by atoms with Crippen LogP contribution >= 0.6 is 0 Å². The second-order valence-corrected chi connectivity index (χ2v) is 6.47. The van der Waals surface area contributed by atoms with Gasteiger partial charge >= 0.3 is 0 Å². The van der Waals surface area contributed by atoms with E-state index in [2.05, 4.69) is 0 Å². The van der Waals surface area contributed by atoms with Gasteiger partial charge in [0.1, 0.15) is 5.72 Å². The summed E-state index contributed by atoms with van der Waals surface area (Å²) in [4.78, 5) is 1.98. The zero-order chi connectivity index (χ0) is 19.2. The molecule has 9 N–H and O–H groups in total. The van der Waals surface area contributed by atoms with Crippen molar-refractivity contribution < 1.29 is 15.3 Å². The Bertz CT molecular complexity index is 629. The molecule has 2 rings (SSSR count). The number of hydrogen-bond acceptors (Lipinski definition) is 7. The number of aliphatic hydroxyl groups excluding tert-OH is 2. The smallest absolute Gasteiger partial charge is 0.120 e. The third-order valence-electron chi connectivity index (χ3n) is 4.51. The van der Waals surface area contributed by atoms with E-state index in [4.69, 9.17) is 17.2 Å². The molecule has 0 fully saturated rings. The third kappa shape index (κ3) is 5.09. The van der Waals surface area contributed by atoms with E-state index in [0.717, 1.165) is 11.4 Å². The number of hydrogen-bond donors (Lipinski definition) is 6. The van der Waals surface area contributed by atoms with E-state index in [-0.39, 0.29) is 19.6 Å². The first kappa shape index (κ1) is 20.0. The number of nitrogen functional groups attached to an aromatic ring is 2. The van der Waals surface area contributed by atoms with E-state index < -0.39 is 11.6 Å². The van der Waals surface area contributed by atoms with Gasteiger partial charge in [0.25, 0.3) is 0 Å². The van der Waals surface area contributed by atoms with Crippen molar-refractivity contribution in [2.24, 2.45) is 11.7 Å². The van der Waals surface area contributed by atoms with Crippen LogP contribution in [0.4, 0.5) is 22.7 Å². The molecule has 0 aliphatic heterocycles. The molecular weight excluding hydrogens is 332 g/mol. The molecule has 0 saturated heterocycles. The predicted molar refractivity (Wildman–Crippen MR) is 105 cm³/mol. The summed E-state index contributed by atoms with van der Waals surface area (Å²) in [5.41, 5.74) is 19.0. The van der Waals surface area contributed by atoms with Crippen LogP contribution in [0.3, 0.4) is 0 Å². The van der Waals surface area contributed by atoms with Crippen molar-refractivity contribution in [3.63, 3.8) is 0 Å².